The Hall–Kier alpha value is -1.75. The average molecular weight is 285 g/mol. The zero-order valence-electron chi connectivity index (χ0n) is 14.1. The molecule has 0 unspecified atom stereocenters. The second kappa shape index (κ2) is 6.80. The lowest BCUT2D eigenvalue weighted by molar-refractivity contribution is -0.123. The van der Waals surface area contributed by atoms with E-state index in [1.165, 1.54) is 0 Å². The van der Waals surface area contributed by atoms with Gasteiger partial charge in [-0.1, -0.05) is 46.0 Å². The maximum atomic E-state index is 11.9. The predicted octanol–water partition coefficient (Wildman–Crippen LogP) is 4.85. The van der Waals surface area contributed by atoms with Crippen LogP contribution in [0.3, 0.4) is 0 Å². The Kier molecular flexibility index (Phi) is 5.61. The lowest BCUT2D eigenvalue weighted by Gasteiger charge is -2.17. The van der Waals surface area contributed by atoms with Crippen LogP contribution in [0.15, 0.2) is 24.3 Å². The summed E-state index contributed by atoms with van der Waals surface area (Å²) in [6, 6.07) is 7.71. The lowest BCUT2D eigenvalue weighted by atomic mass is 9.89. The molecule has 0 aliphatic carbocycles. The minimum absolute atomic E-state index is 0.0189. The Balaban J connectivity index is 2.76. The van der Waals surface area contributed by atoms with Crippen LogP contribution < -0.4 is 5.32 Å². The zero-order valence-corrected chi connectivity index (χ0v) is 14.1. The van der Waals surface area contributed by atoms with E-state index in [0.717, 1.165) is 24.1 Å². The fraction of sp³-hybridized carbons (Fsp3) is 0.526. The quantitative estimate of drug-likeness (QED) is 0.790. The smallest absolute Gasteiger partial charge is 0.229 e. The molecule has 0 aliphatic heterocycles. The average Bonchev–Trinajstić information content (AvgIpc) is 2.37. The van der Waals surface area contributed by atoms with Crippen LogP contribution in [-0.4, -0.2) is 5.91 Å². The highest BCUT2D eigenvalue weighted by Gasteiger charge is 2.20. The molecule has 0 saturated heterocycles. The minimum atomic E-state index is -0.386. The summed E-state index contributed by atoms with van der Waals surface area (Å²) in [7, 11) is 0. The molecule has 1 N–H and O–H groups in total. The molecule has 2 heteroatoms. The zero-order chi connectivity index (χ0) is 16.1. The van der Waals surface area contributed by atoms with Gasteiger partial charge in [0.05, 0.1) is 0 Å². The number of carbonyl (C=O) groups excluding carboxylic acids is 1. The number of hydrogen-bond donors (Lipinski definition) is 1. The summed E-state index contributed by atoms with van der Waals surface area (Å²) in [5, 5.41) is 2.91. The molecule has 1 aromatic rings. The van der Waals surface area contributed by atoms with Crippen LogP contribution in [0.2, 0.25) is 0 Å². The van der Waals surface area contributed by atoms with Crippen LogP contribution in [0.1, 0.15) is 59.9 Å². The van der Waals surface area contributed by atoms with Gasteiger partial charge in [0.15, 0.2) is 0 Å². The Morgan fingerprint density at radius 3 is 2.14 bits per heavy atom. The molecule has 0 fully saturated rings. The van der Waals surface area contributed by atoms with Crippen molar-refractivity contribution < 1.29 is 4.79 Å². The Labute approximate surface area is 129 Å². The number of hydrogen-bond acceptors (Lipinski definition) is 1. The van der Waals surface area contributed by atoms with E-state index in [-0.39, 0.29) is 16.7 Å². The third-order valence-corrected chi connectivity index (χ3v) is 3.24. The highest BCUT2D eigenvalue weighted by Crippen LogP contribution is 2.21. The van der Waals surface area contributed by atoms with Gasteiger partial charge in [-0.05, 0) is 44.5 Å². The first-order valence-electron chi connectivity index (χ1n) is 7.59. The van der Waals surface area contributed by atoms with Crippen molar-refractivity contribution in [2.45, 2.75) is 54.4 Å². The van der Waals surface area contributed by atoms with E-state index in [9.17, 15) is 4.79 Å². The normalized spacial score (nSPS) is 11.5. The van der Waals surface area contributed by atoms with E-state index < -0.39 is 0 Å². The predicted molar refractivity (Wildman–Crippen MR) is 90.1 cm³/mol. The molecular weight excluding hydrogens is 258 g/mol. The van der Waals surface area contributed by atoms with E-state index >= 15 is 0 Å². The summed E-state index contributed by atoms with van der Waals surface area (Å²) in [6.45, 7) is 12.2. The molecule has 0 aliphatic rings. The molecule has 1 aromatic carbocycles. The van der Waals surface area contributed by atoms with Gasteiger partial charge in [-0.25, -0.2) is 0 Å². The maximum Gasteiger partial charge on any atom is 0.229 e. The second-order valence-electron chi connectivity index (χ2n) is 7.17. The number of anilines is 1. The number of rotatable bonds is 3. The molecule has 1 amide bonds. The molecular formula is C19H27NO. The van der Waals surface area contributed by atoms with Crippen molar-refractivity contribution in [2.75, 3.05) is 5.32 Å². The van der Waals surface area contributed by atoms with E-state index in [1.54, 1.807) is 0 Å². The molecule has 0 heterocycles. The van der Waals surface area contributed by atoms with E-state index in [4.69, 9.17) is 0 Å². The maximum absolute atomic E-state index is 11.9. The molecule has 0 atom stereocenters. The number of carbonyl (C=O) groups is 1. The first-order chi connectivity index (χ1) is 9.64. The highest BCUT2D eigenvalue weighted by atomic mass is 16.2. The van der Waals surface area contributed by atoms with Gasteiger partial charge in [-0.2, -0.15) is 0 Å². The van der Waals surface area contributed by atoms with Crippen LogP contribution in [0, 0.1) is 22.7 Å². The summed E-state index contributed by atoms with van der Waals surface area (Å²) < 4.78 is 0. The second-order valence-corrected chi connectivity index (χ2v) is 7.17. The third kappa shape index (κ3) is 6.04. The topological polar surface area (TPSA) is 29.1 Å². The van der Waals surface area contributed by atoms with Gasteiger partial charge in [0.2, 0.25) is 5.91 Å². The van der Waals surface area contributed by atoms with E-state index in [1.807, 2.05) is 45.0 Å². The molecule has 0 spiro atoms. The highest BCUT2D eigenvalue weighted by molar-refractivity contribution is 5.94. The summed E-state index contributed by atoms with van der Waals surface area (Å²) in [5.41, 5.74) is 1.46. The monoisotopic (exact) mass is 285 g/mol. The Bertz CT molecular complexity index is 536. The van der Waals surface area contributed by atoms with Gasteiger partial charge in [-0.15, -0.1) is 0 Å². The number of nitrogens with one attached hydrogen (secondary N) is 1. The Morgan fingerprint density at radius 1 is 1.10 bits per heavy atom. The SMILES string of the molecule is CCCC(C)(C)C#Cc1ccc(NC(=O)C(C)(C)C)cc1. The van der Waals surface area contributed by atoms with Crippen molar-refractivity contribution in [1.82, 2.24) is 0 Å². The van der Waals surface area contributed by atoms with E-state index in [0.29, 0.717) is 0 Å². The van der Waals surface area contributed by atoms with Crippen LogP contribution >= 0.6 is 0 Å². The number of amides is 1. The van der Waals surface area contributed by atoms with Crippen molar-refractivity contribution in [2.24, 2.45) is 10.8 Å². The number of benzene rings is 1. The largest absolute Gasteiger partial charge is 0.326 e. The van der Waals surface area contributed by atoms with Crippen molar-refractivity contribution >= 4 is 11.6 Å². The third-order valence-electron chi connectivity index (χ3n) is 3.24. The van der Waals surface area contributed by atoms with Gasteiger partial charge >= 0.3 is 0 Å². The molecule has 114 valence electrons. The summed E-state index contributed by atoms with van der Waals surface area (Å²) in [5.74, 6) is 6.56. The molecule has 0 saturated carbocycles. The summed E-state index contributed by atoms with van der Waals surface area (Å²) in [6.07, 6.45) is 2.24. The van der Waals surface area contributed by atoms with E-state index in [2.05, 4.69) is 37.9 Å². The summed E-state index contributed by atoms with van der Waals surface area (Å²) in [4.78, 5) is 11.9. The first-order valence-corrected chi connectivity index (χ1v) is 7.59. The van der Waals surface area contributed by atoms with Crippen molar-refractivity contribution in [3.05, 3.63) is 29.8 Å². The van der Waals surface area contributed by atoms with Crippen LogP contribution in [0.25, 0.3) is 0 Å². The van der Waals surface area contributed by atoms with Crippen LogP contribution in [-0.2, 0) is 4.79 Å². The van der Waals surface area contributed by atoms with Gasteiger partial charge in [0.1, 0.15) is 0 Å². The van der Waals surface area contributed by atoms with Gasteiger partial charge in [-0.3, -0.25) is 4.79 Å². The molecule has 2 nitrogen and oxygen atoms in total. The molecule has 0 radical (unpaired) electrons. The van der Waals surface area contributed by atoms with Gasteiger partial charge < -0.3 is 5.32 Å². The fourth-order valence-corrected chi connectivity index (χ4v) is 1.88. The molecule has 0 aromatic heterocycles. The van der Waals surface area contributed by atoms with Crippen molar-refractivity contribution in [1.29, 1.82) is 0 Å². The molecule has 1 rings (SSSR count). The fourth-order valence-electron chi connectivity index (χ4n) is 1.88. The minimum Gasteiger partial charge on any atom is -0.326 e. The lowest BCUT2D eigenvalue weighted by Crippen LogP contribution is -2.27. The van der Waals surface area contributed by atoms with Crippen molar-refractivity contribution in [3.8, 4) is 11.8 Å². The molecule has 21 heavy (non-hydrogen) atoms. The Morgan fingerprint density at radius 2 is 1.67 bits per heavy atom. The first kappa shape index (κ1) is 17.3. The summed E-state index contributed by atoms with van der Waals surface area (Å²) >= 11 is 0. The molecule has 0 bridgehead atoms. The standard InChI is InChI=1S/C19H27NO/c1-7-13-19(5,6)14-12-15-8-10-16(11-9-15)20-17(21)18(2,3)4/h8-11H,7,13H2,1-6H3,(H,20,21). The van der Waals surface area contributed by atoms with Crippen LogP contribution in [0.5, 0.6) is 0 Å². The van der Waals surface area contributed by atoms with Crippen LogP contribution in [0.4, 0.5) is 5.69 Å². The van der Waals surface area contributed by atoms with Gasteiger partial charge in [0.25, 0.3) is 0 Å². The van der Waals surface area contributed by atoms with Gasteiger partial charge in [0, 0.05) is 22.1 Å². The van der Waals surface area contributed by atoms with Crippen molar-refractivity contribution in [3.63, 3.8) is 0 Å².